The molecule has 2 heterocycles. The van der Waals surface area contributed by atoms with Crippen LogP contribution in [0.1, 0.15) is 47.1 Å². The van der Waals surface area contributed by atoms with Gasteiger partial charge >= 0.3 is 0 Å². The van der Waals surface area contributed by atoms with Crippen molar-refractivity contribution >= 4 is 11.7 Å². The van der Waals surface area contributed by atoms with Crippen LogP contribution in [-0.4, -0.2) is 30.3 Å². The monoisotopic (exact) mass is 432 g/mol. The number of rotatable bonds is 4. The lowest BCUT2D eigenvalue weighted by Gasteiger charge is -2.35. The molecular formula is C25H24N2O5. The largest absolute Gasteiger partial charge is 0.508 e. The molecule has 2 aliphatic rings. The summed E-state index contributed by atoms with van der Waals surface area (Å²) in [5, 5.41) is 17.1. The van der Waals surface area contributed by atoms with Crippen molar-refractivity contribution < 1.29 is 23.9 Å². The maximum atomic E-state index is 13.6. The van der Waals surface area contributed by atoms with Crippen LogP contribution in [0.3, 0.4) is 0 Å². The molecule has 1 aromatic heterocycles. The molecule has 0 saturated carbocycles. The van der Waals surface area contributed by atoms with Crippen molar-refractivity contribution in [3.63, 3.8) is 0 Å². The second-order valence-electron chi connectivity index (χ2n) is 8.19. The fourth-order valence-electron chi connectivity index (χ4n) is 4.83. The summed E-state index contributed by atoms with van der Waals surface area (Å²) >= 11 is 0. The van der Waals surface area contributed by atoms with Gasteiger partial charge in [0.15, 0.2) is 5.78 Å². The summed E-state index contributed by atoms with van der Waals surface area (Å²) in [5.74, 6) is 1.82. The van der Waals surface area contributed by atoms with E-state index in [1.165, 1.54) is 0 Å². The Bertz CT molecular complexity index is 1230. The van der Waals surface area contributed by atoms with Crippen molar-refractivity contribution in [2.75, 3.05) is 19.5 Å². The van der Waals surface area contributed by atoms with Gasteiger partial charge in [-0.1, -0.05) is 17.3 Å². The first kappa shape index (κ1) is 20.2. The number of carbonyl (C=O) groups excluding carboxylic acids is 1. The number of aromatic hydroxyl groups is 1. The van der Waals surface area contributed by atoms with Crippen molar-refractivity contribution in [1.82, 2.24) is 5.16 Å². The third kappa shape index (κ3) is 3.21. The number of Topliss-reactive ketones (excluding diaryl/α,β-unsaturated/α-hetero) is 1. The van der Waals surface area contributed by atoms with E-state index in [9.17, 15) is 9.90 Å². The molecule has 2 aromatic carbocycles. The Kier molecular flexibility index (Phi) is 4.89. The lowest BCUT2D eigenvalue weighted by Crippen LogP contribution is -2.29. The van der Waals surface area contributed by atoms with Crippen LogP contribution in [0, 0.1) is 6.92 Å². The highest BCUT2D eigenvalue weighted by Gasteiger charge is 2.42. The number of allylic oxidation sites excluding steroid dienone is 2. The van der Waals surface area contributed by atoms with Gasteiger partial charge in [-0.2, -0.15) is 0 Å². The third-order valence-corrected chi connectivity index (χ3v) is 6.37. The number of aromatic nitrogens is 1. The van der Waals surface area contributed by atoms with E-state index in [2.05, 4.69) is 10.5 Å². The molecule has 0 amide bonds. The number of fused-ring (bicyclic) bond motifs is 1. The summed E-state index contributed by atoms with van der Waals surface area (Å²) < 4.78 is 16.7. The highest BCUT2D eigenvalue weighted by Crippen LogP contribution is 2.51. The standard InChI is InChI=1S/C25H24N2O5/c1-13-22-23(18-12-17(30-2)8-9-21(18)31-3)24-19(26-25(22)32-27-13)10-15(11-20(24)29)14-4-6-16(28)7-5-14/h4-9,12,15,23,26,28H,10-11H2,1-3H3/t15-,23-/m0/s1. The number of aryl methyl sites for hydroxylation is 1. The van der Waals surface area contributed by atoms with Gasteiger partial charge in [-0.15, -0.1) is 0 Å². The Morgan fingerprint density at radius 1 is 1.09 bits per heavy atom. The predicted octanol–water partition coefficient (Wildman–Crippen LogP) is 4.66. The number of methoxy groups -OCH3 is 2. The van der Waals surface area contributed by atoms with Gasteiger partial charge in [-0.05, 0) is 55.2 Å². The van der Waals surface area contributed by atoms with Crippen molar-refractivity contribution in [1.29, 1.82) is 0 Å². The number of nitrogens with zero attached hydrogens (tertiary/aromatic N) is 1. The summed E-state index contributed by atoms with van der Waals surface area (Å²) in [6.45, 7) is 1.88. The number of phenolic OH excluding ortho intramolecular Hbond substituents is 1. The van der Waals surface area contributed by atoms with Crippen LogP contribution >= 0.6 is 0 Å². The third-order valence-electron chi connectivity index (χ3n) is 6.37. The maximum Gasteiger partial charge on any atom is 0.233 e. The molecule has 32 heavy (non-hydrogen) atoms. The number of phenols is 1. The number of ketones is 1. The summed E-state index contributed by atoms with van der Waals surface area (Å²) in [4.78, 5) is 13.6. The minimum atomic E-state index is -0.370. The topological polar surface area (TPSA) is 93.8 Å². The number of ether oxygens (including phenoxy) is 2. The number of nitrogens with one attached hydrogen (secondary N) is 1. The normalized spacial score (nSPS) is 19.8. The van der Waals surface area contributed by atoms with E-state index in [-0.39, 0.29) is 23.4 Å². The van der Waals surface area contributed by atoms with Crippen LogP contribution in [0.2, 0.25) is 0 Å². The van der Waals surface area contributed by atoms with Crippen molar-refractivity contribution in [2.24, 2.45) is 0 Å². The molecular weight excluding hydrogens is 408 g/mol. The number of carbonyl (C=O) groups is 1. The molecule has 0 fully saturated rings. The van der Waals surface area contributed by atoms with Gasteiger partial charge in [-0.3, -0.25) is 4.79 Å². The minimum absolute atomic E-state index is 0.00720. The zero-order valence-electron chi connectivity index (χ0n) is 18.1. The van der Waals surface area contributed by atoms with E-state index >= 15 is 0 Å². The smallest absolute Gasteiger partial charge is 0.233 e. The average molecular weight is 432 g/mol. The van der Waals surface area contributed by atoms with Gasteiger partial charge in [-0.25, -0.2) is 0 Å². The zero-order valence-corrected chi connectivity index (χ0v) is 18.1. The molecule has 0 spiro atoms. The number of benzene rings is 2. The molecule has 1 aliphatic carbocycles. The van der Waals surface area contributed by atoms with E-state index in [1.807, 2.05) is 37.3 Å². The predicted molar refractivity (Wildman–Crippen MR) is 118 cm³/mol. The van der Waals surface area contributed by atoms with Gasteiger partial charge in [0.2, 0.25) is 5.88 Å². The highest BCUT2D eigenvalue weighted by molar-refractivity contribution is 6.01. The second-order valence-corrected chi connectivity index (χ2v) is 8.19. The van der Waals surface area contributed by atoms with Crippen LogP contribution < -0.4 is 14.8 Å². The summed E-state index contributed by atoms with van der Waals surface area (Å²) in [7, 11) is 3.23. The summed E-state index contributed by atoms with van der Waals surface area (Å²) in [6.07, 6.45) is 1.03. The highest BCUT2D eigenvalue weighted by atomic mass is 16.5. The quantitative estimate of drug-likeness (QED) is 0.619. The van der Waals surface area contributed by atoms with Crippen LogP contribution in [0.25, 0.3) is 0 Å². The van der Waals surface area contributed by atoms with Gasteiger partial charge in [0.05, 0.1) is 31.4 Å². The SMILES string of the molecule is COc1ccc(OC)c([C@@H]2C3=C(C[C@H](c4ccc(O)cc4)CC3=O)Nc3onc(C)c32)c1. The summed E-state index contributed by atoms with van der Waals surface area (Å²) in [5.41, 5.74) is 4.96. The van der Waals surface area contributed by atoms with Crippen molar-refractivity contribution in [2.45, 2.75) is 31.6 Å². The molecule has 5 rings (SSSR count). The molecule has 0 saturated heterocycles. The van der Waals surface area contributed by atoms with E-state index in [0.29, 0.717) is 35.8 Å². The fraction of sp³-hybridized carbons (Fsp3) is 0.280. The first-order valence-electron chi connectivity index (χ1n) is 10.5. The van der Waals surface area contributed by atoms with Gasteiger partial charge < -0.3 is 24.4 Å². The molecule has 2 atom stereocenters. The molecule has 7 nitrogen and oxygen atoms in total. The number of hydrogen-bond donors (Lipinski definition) is 2. The minimum Gasteiger partial charge on any atom is -0.508 e. The van der Waals surface area contributed by atoms with Crippen LogP contribution in [0.15, 0.2) is 58.3 Å². The Balaban J connectivity index is 1.65. The maximum absolute atomic E-state index is 13.6. The molecule has 0 bridgehead atoms. The molecule has 3 aromatic rings. The van der Waals surface area contributed by atoms with Gasteiger partial charge in [0.25, 0.3) is 0 Å². The first-order valence-corrected chi connectivity index (χ1v) is 10.5. The molecule has 7 heteroatoms. The van der Waals surface area contributed by atoms with Crippen molar-refractivity contribution in [3.8, 4) is 17.2 Å². The van der Waals surface area contributed by atoms with E-state index in [0.717, 1.165) is 28.1 Å². The Labute approximate surface area is 185 Å². The zero-order chi connectivity index (χ0) is 22.4. The number of hydrogen-bond acceptors (Lipinski definition) is 7. The number of anilines is 1. The Morgan fingerprint density at radius 3 is 2.59 bits per heavy atom. The second kappa shape index (κ2) is 7.75. The molecule has 2 N–H and O–H groups in total. The fourth-order valence-corrected chi connectivity index (χ4v) is 4.83. The van der Waals surface area contributed by atoms with Crippen LogP contribution in [-0.2, 0) is 4.79 Å². The van der Waals surface area contributed by atoms with Crippen LogP contribution in [0.5, 0.6) is 17.2 Å². The lowest BCUT2D eigenvalue weighted by atomic mass is 9.72. The Hall–Kier alpha value is -3.74. The van der Waals surface area contributed by atoms with Crippen molar-refractivity contribution in [3.05, 3.63) is 76.1 Å². The first-order chi connectivity index (χ1) is 15.5. The average Bonchev–Trinajstić information content (AvgIpc) is 3.17. The van der Waals surface area contributed by atoms with Crippen LogP contribution in [0.4, 0.5) is 5.88 Å². The summed E-state index contributed by atoms with van der Waals surface area (Å²) in [6, 6.07) is 12.6. The van der Waals surface area contributed by atoms with E-state index in [4.69, 9.17) is 14.0 Å². The molecule has 0 unspecified atom stereocenters. The molecule has 0 radical (unpaired) electrons. The van der Waals surface area contributed by atoms with Gasteiger partial charge in [0.1, 0.15) is 17.2 Å². The molecule has 1 aliphatic heterocycles. The Morgan fingerprint density at radius 2 is 1.88 bits per heavy atom. The van der Waals surface area contributed by atoms with Gasteiger partial charge in [0, 0.05) is 23.3 Å². The van der Waals surface area contributed by atoms with E-state index < -0.39 is 0 Å². The van der Waals surface area contributed by atoms with E-state index in [1.54, 1.807) is 26.4 Å². The lowest BCUT2D eigenvalue weighted by molar-refractivity contribution is -0.116. The molecule has 164 valence electrons.